The summed E-state index contributed by atoms with van der Waals surface area (Å²) in [4.78, 5) is 0. The molecule has 4 aromatic rings. The maximum atomic E-state index is 7.11. The van der Waals surface area contributed by atoms with Crippen LogP contribution in [0.4, 0.5) is 0 Å². The fourth-order valence-corrected chi connectivity index (χ4v) is 8.19. The second kappa shape index (κ2) is 29.8. The van der Waals surface area contributed by atoms with Crippen molar-refractivity contribution < 1.29 is 33.2 Å². The number of unbranched alkanes of at least 4 members (excludes halogenated alkanes) is 10. The number of hydrogen-bond donors (Lipinski definition) is 0. The molecule has 0 bridgehead atoms. The largest absolute Gasteiger partial charge is 0.374 e. The van der Waals surface area contributed by atoms with Gasteiger partial charge < -0.3 is 33.2 Å². The van der Waals surface area contributed by atoms with Crippen LogP contribution in [-0.2, 0) is 59.6 Å². The number of hydrogen-bond acceptors (Lipinski definition) is 7. The first kappa shape index (κ1) is 48.6. The Bertz CT molecular complexity index is 1620. The molecule has 1 heterocycles. The number of benzene rings is 4. The molecular formula is C54H76O7. The Morgan fingerprint density at radius 1 is 0.492 bits per heavy atom. The predicted molar refractivity (Wildman–Crippen MR) is 246 cm³/mol. The van der Waals surface area contributed by atoms with Crippen LogP contribution in [0.5, 0.6) is 0 Å². The fraction of sp³-hybridized carbons (Fsp3) is 0.556. The molecule has 0 amide bonds. The average molecular weight is 837 g/mol. The zero-order valence-corrected chi connectivity index (χ0v) is 37.6. The highest BCUT2D eigenvalue weighted by molar-refractivity contribution is 5.16. The Labute approximate surface area is 368 Å². The third-order valence-corrected chi connectivity index (χ3v) is 11.8. The summed E-state index contributed by atoms with van der Waals surface area (Å²) in [5, 5.41) is 0. The molecule has 1 aliphatic rings. The van der Waals surface area contributed by atoms with Gasteiger partial charge in [-0.15, -0.1) is 0 Å². The van der Waals surface area contributed by atoms with E-state index < -0.39 is 30.7 Å². The van der Waals surface area contributed by atoms with Crippen molar-refractivity contribution >= 4 is 0 Å². The van der Waals surface area contributed by atoms with E-state index in [1.165, 1.54) is 56.9 Å². The summed E-state index contributed by atoms with van der Waals surface area (Å²) < 4.78 is 46.6. The number of ether oxygens (including phenoxy) is 7. The Morgan fingerprint density at radius 3 is 1.46 bits per heavy atom. The summed E-state index contributed by atoms with van der Waals surface area (Å²) in [5.41, 5.74) is 4.50. The summed E-state index contributed by atoms with van der Waals surface area (Å²) >= 11 is 0. The van der Waals surface area contributed by atoms with Gasteiger partial charge >= 0.3 is 0 Å². The molecule has 7 nitrogen and oxygen atoms in total. The first-order valence-corrected chi connectivity index (χ1v) is 23.5. The van der Waals surface area contributed by atoms with Gasteiger partial charge in [0.2, 0.25) is 0 Å². The molecular weight excluding hydrogens is 761 g/mol. The van der Waals surface area contributed by atoms with Gasteiger partial charge in [0.1, 0.15) is 24.4 Å². The topological polar surface area (TPSA) is 64.6 Å². The van der Waals surface area contributed by atoms with E-state index in [2.05, 4.69) is 74.5 Å². The summed E-state index contributed by atoms with van der Waals surface area (Å²) in [6, 6.07) is 41.3. The molecule has 0 N–H and O–H groups in total. The zero-order chi connectivity index (χ0) is 42.6. The van der Waals surface area contributed by atoms with E-state index in [4.69, 9.17) is 33.2 Å². The van der Waals surface area contributed by atoms with Crippen molar-refractivity contribution in [2.24, 2.45) is 0 Å². The van der Waals surface area contributed by atoms with E-state index in [0.717, 1.165) is 61.6 Å². The van der Waals surface area contributed by atoms with Crippen LogP contribution in [0.3, 0.4) is 0 Å². The smallest absolute Gasteiger partial charge is 0.187 e. The molecule has 334 valence electrons. The van der Waals surface area contributed by atoms with Crippen LogP contribution in [0.2, 0.25) is 0 Å². The normalized spacial score (nSPS) is 20.1. The van der Waals surface area contributed by atoms with Crippen molar-refractivity contribution in [2.45, 2.75) is 180 Å². The highest BCUT2D eigenvalue weighted by Gasteiger charge is 2.49. The third kappa shape index (κ3) is 18.9. The predicted octanol–water partition coefficient (Wildman–Crippen LogP) is 13.0. The minimum Gasteiger partial charge on any atom is -0.374 e. The van der Waals surface area contributed by atoms with Gasteiger partial charge in [-0.2, -0.15) is 0 Å². The van der Waals surface area contributed by atoms with Crippen molar-refractivity contribution in [3.63, 3.8) is 0 Å². The summed E-state index contributed by atoms with van der Waals surface area (Å²) in [7, 11) is 1.74. The van der Waals surface area contributed by atoms with Crippen molar-refractivity contribution in [2.75, 3.05) is 13.7 Å². The lowest BCUT2D eigenvalue weighted by Gasteiger charge is -2.46. The van der Waals surface area contributed by atoms with Gasteiger partial charge in [0.25, 0.3) is 0 Å². The molecule has 7 heteroatoms. The third-order valence-electron chi connectivity index (χ3n) is 11.8. The molecule has 0 saturated carbocycles. The van der Waals surface area contributed by atoms with E-state index in [9.17, 15) is 0 Å². The minimum absolute atomic E-state index is 0.0291. The van der Waals surface area contributed by atoms with Crippen molar-refractivity contribution in [3.8, 4) is 0 Å². The van der Waals surface area contributed by atoms with Gasteiger partial charge in [-0.3, -0.25) is 0 Å². The second-order valence-electron chi connectivity index (χ2n) is 16.9. The minimum atomic E-state index is -0.650. The van der Waals surface area contributed by atoms with E-state index in [-0.39, 0.29) is 12.2 Å². The molecule has 4 aromatic carbocycles. The van der Waals surface area contributed by atoms with E-state index >= 15 is 0 Å². The SMILES string of the molecule is CCCCCCCCCCC[C@@H](CCCCC[C@@H](C)OCc1ccccc1)O[C@@H]1O[C@H](COCc2ccccc2)[C@@H](OCc2ccccc2)[C@H](OCc2ccccc2)[C@H]1OC. The fourth-order valence-electron chi connectivity index (χ4n) is 8.19. The number of methoxy groups -OCH3 is 1. The van der Waals surface area contributed by atoms with Crippen LogP contribution in [-0.4, -0.2) is 56.6 Å². The van der Waals surface area contributed by atoms with Crippen molar-refractivity contribution in [1.29, 1.82) is 0 Å². The van der Waals surface area contributed by atoms with Crippen LogP contribution in [0, 0.1) is 0 Å². The van der Waals surface area contributed by atoms with Gasteiger partial charge in [0.15, 0.2) is 6.29 Å². The summed E-state index contributed by atoms with van der Waals surface area (Å²) in [5.74, 6) is 0. The van der Waals surface area contributed by atoms with Crippen LogP contribution in [0.25, 0.3) is 0 Å². The Hall–Kier alpha value is -3.40. The van der Waals surface area contributed by atoms with Crippen molar-refractivity contribution in [1.82, 2.24) is 0 Å². The highest BCUT2D eigenvalue weighted by Crippen LogP contribution is 2.33. The molecule has 7 atom stereocenters. The monoisotopic (exact) mass is 837 g/mol. The van der Waals surface area contributed by atoms with Gasteiger partial charge in [0, 0.05) is 7.11 Å². The molecule has 1 fully saturated rings. The molecule has 61 heavy (non-hydrogen) atoms. The first-order valence-electron chi connectivity index (χ1n) is 23.5. The number of rotatable bonds is 32. The van der Waals surface area contributed by atoms with E-state index in [1.807, 2.05) is 60.7 Å². The van der Waals surface area contributed by atoms with Crippen LogP contribution < -0.4 is 0 Å². The molecule has 0 unspecified atom stereocenters. The van der Waals surface area contributed by atoms with Gasteiger partial charge in [-0.25, -0.2) is 0 Å². The lowest BCUT2D eigenvalue weighted by molar-refractivity contribution is -0.332. The van der Waals surface area contributed by atoms with Crippen LogP contribution in [0.1, 0.15) is 132 Å². The summed E-state index contributed by atoms with van der Waals surface area (Å²) in [6.07, 6.45) is 15.7. The Kier molecular flexibility index (Phi) is 23.8. The average Bonchev–Trinajstić information content (AvgIpc) is 3.30. The molecule has 0 aromatic heterocycles. The van der Waals surface area contributed by atoms with Crippen LogP contribution >= 0.6 is 0 Å². The standard InChI is InChI=1S/C54H76O7/c1-4-5-6-7-8-9-10-11-26-37-49(38-27-12-17-28-44(2)57-40-46-31-20-14-21-32-46)60-54-53(55-3)52(59-42-48-35-24-16-25-36-48)51(58-41-47-33-22-15-23-34-47)50(61-54)43-56-39-45-29-18-13-19-30-45/h13-16,18-25,29-36,44,49-54H,4-12,17,26-28,37-43H2,1-3H3/t44-,49+,50-,51-,52+,53-,54-/m1/s1. The molecule has 5 rings (SSSR count). The molecule has 0 spiro atoms. The molecule has 0 aliphatic carbocycles. The van der Waals surface area contributed by atoms with Gasteiger partial charge in [-0.1, -0.05) is 205 Å². The quantitative estimate of drug-likeness (QED) is 0.0454. The maximum absolute atomic E-state index is 7.11. The molecule has 1 saturated heterocycles. The Balaban J connectivity index is 1.27. The van der Waals surface area contributed by atoms with Gasteiger partial charge in [-0.05, 0) is 48.4 Å². The van der Waals surface area contributed by atoms with Crippen LogP contribution in [0.15, 0.2) is 121 Å². The van der Waals surface area contributed by atoms with Crippen molar-refractivity contribution in [3.05, 3.63) is 144 Å². The van der Waals surface area contributed by atoms with Gasteiger partial charge in [0.05, 0.1) is 45.2 Å². The lowest BCUT2D eigenvalue weighted by Crippen LogP contribution is -2.62. The Morgan fingerprint density at radius 2 is 0.934 bits per heavy atom. The summed E-state index contributed by atoms with van der Waals surface area (Å²) in [6.45, 7) is 6.75. The van der Waals surface area contributed by atoms with E-state index in [0.29, 0.717) is 33.0 Å². The maximum Gasteiger partial charge on any atom is 0.187 e. The van der Waals surface area contributed by atoms with E-state index in [1.54, 1.807) is 7.11 Å². The molecule has 1 aliphatic heterocycles. The molecule has 0 radical (unpaired) electrons. The zero-order valence-electron chi connectivity index (χ0n) is 37.6. The first-order chi connectivity index (χ1) is 30.1. The lowest BCUT2D eigenvalue weighted by atomic mass is 9.97. The second-order valence-corrected chi connectivity index (χ2v) is 16.9. The highest BCUT2D eigenvalue weighted by atomic mass is 16.7.